The van der Waals surface area contributed by atoms with Crippen LogP contribution in [-0.4, -0.2) is 18.6 Å². The van der Waals surface area contributed by atoms with Gasteiger partial charge in [0.1, 0.15) is 5.75 Å². The number of hydrogen-bond acceptors (Lipinski definition) is 3. The molecule has 134 valence electrons. The van der Waals surface area contributed by atoms with Crippen molar-refractivity contribution >= 4 is 18.3 Å². The van der Waals surface area contributed by atoms with Crippen LogP contribution in [-0.2, 0) is 11.3 Å². The summed E-state index contributed by atoms with van der Waals surface area (Å²) in [7, 11) is 0. The summed E-state index contributed by atoms with van der Waals surface area (Å²) < 4.78 is 5.69. The van der Waals surface area contributed by atoms with Gasteiger partial charge in [-0.3, -0.25) is 4.79 Å². The number of benzene rings is 2. The molecule has 5 heteroatoms. The van der Waals surface area contributed by atoms with E-state index >= 15 is 0 Å². The van der Waals surface area contributed by atoms with Crippen molar-refractivity contribution in [2.45, 2.75) is 37.8 Å². The number of nitrogens with one attached hydrogen (secondary N) is 1. The molecule has 0 heterocycles. The molecule has 0 spiro atoms. The van der Waals surface area contributed by atoms with Gasteiger partial charge in [0.15, 0.2) is 0 Å². The van der Waals surface area contributed by atoms with Crippen LogP contribution in [0.3, 0.4) is 0 Å². The highest BCUT2D eigenvalue weighted by molar-refractivity contribution is 5.85. The summed E-state index contributed by atoms with van der Waals surface area (Å²) >= 11 is 0. The van der Waals surface area contributed by atoms with E-state index in [0.717, 1.165) is 17.7 Å². The molecule has 4 nitrogen and oxygen atoms in total. The largest absolute Gasteiger partial charge is 0.494 e. The number of carbonyl (C=O) groups excluding carboxylic acids is 1. The minimum atomic E-state index is 0. The molecule has 3 N–H and O–H groups in total. The van der Waals surface area contributed by atoms with Crippen LogP contribution in [0, 0.1) is 0 Å². The molecule has 1 aliphatic rings. The Labute approximate surface area is 155 Å². The smallest absolute Gasteiger partial charge is 0.220 e. The Kier molecular flexibility index (Phi) is 7.29. The molecule has 2 atom stereocenters. The van der Waals surface area contributed by atoms with E-state index in [1.165, 1.54) is 5.56 Å². The molecule has 3 rings (SSSR count). The Morgan fingerprint density at radius 1 is 1.12 bits per heavy atom. The molecule has 2 aromatic carbocycles. The number of carbonyl (C=O) groups is 1. The lowest BCUT2D eigenvalue weighted by molar-refractivity contribution is -0.121. The molecule has 1 fully saturated rings. The topological polar surface area (TPSA) is 64.3 Å². The third kappa shape index (κ3) is 6.07. The fourth-order valence-corrected chi connectivity index (χ4v) is 2.72. The standard InChI is InChI=1S/C20H24N2O2.ClH/c21-19-13-18(19)16-8-10-17(11-9-16)24-12-4-7-20(23)22-14-15-5-2-1-3-6-15;/h1-3,5-6,8-11,18-19H,4,7,12-14,21H2,(H,22,23);1H. The van der Waals surface area contributed by atoms with Crippen LogP contribution in [0.1, 0.15) is 36.3 Å². The first-order valence-electron chi connectivity index (χ1n) is 8.51. The van der Waals surface area contributed by atoms with Crippen molar-refractivity contribution in [2.24, 2.45) is 5.73 Å². The maximum Gasteiger partial charge on any atom is 0.220 e. The predicted molar refractivity (Wildman–Crippen MR) is 102 cm³/mol. The first-order valence-corrected chi connectivity index (χ1v) is 8.51. The van der Waals surface area contributed by atoms with Gasteiger partial charge in [-0.1, -0.05) is 42.5 Å². The molecular formula is C20H25ClN2O2. The van der Waals surface area contributed by atoms with Crippen LogP contribution in [0.5, 0.6) is 5.75 Å². The molecule has 2 unspecified atom stereocenters. The highest BCUT2D eigenvalue weighted by Crippen LogP contribution is 2.39. The summed E-state index contributed by atoms with van der Waals surface area (Å²) in [6, 6.07) is 18.4. The molecule has 2 aromatic rings. The van der Waals surface area contributed by atoms with Gasteiger partial charge in [0.25, 0.3) is 0 Å². The van der Waals surface area contributed by atoms with Gasteiger partial charge in [0.05, 0.1) is 6.61 Å². The molecule has 0 radical (unpaired) electrons. The minimum absolute atomic E-state index is 0. The van der Waals surface area contributed by atoms with E-state index in [1.54, 1.807) is 0 Å². The van der Waals surface area contributed by atoms with Crippen LogP contribution in [0.25, 0.3) is 0 Å². The Morgan fingerprint density at radius 2 is 1.80 bits per heavy atom. The van der Waals surface area contributed by atoms with Crippen LogP contribution in [0.4, 0.5) is 0 Å². The second kappa shape index (κ2) is 9.44. The van der Waals surface area contributed by atoms with Crippen LogP contribution in [0.2, 0.25) is 0 Å². The normalized spacial score (nSPS) is 18.1. The highest BCUT2D eigenvalue weighted by Gasteiger charge is 2.34. The third-order valence-corrected chi connectivity index (χ3v) is 4.30. The summed E-state index contributed by atoms with van der Waals surface area (Å²) in [6.07, 6.45) is 2.26. The number of hydrogen-bond donors (Lipinski definition) is 2. The van der Waals surface area contributed by atoms with Gasteiger partial charge < -0.3 is 15.8 Å². The zero-order valence-corrected chi connectivity index (χ0v) is 15.0. The van der Waals surface area contributed by atoms with Crippen LogP contribution < -0.4 is 15.8 Å². The van der Waals surface area contributed by atoms with Crippen molar-refractivity contribution < 1.29 is 9.53 Å². The summed E-state index contributed by atoms with van der Waals surface area (Å²) in [6.45, 7) is 1.12. The van der Waals surface area contributed by atoms with Gasteiger partial charge >= 0.3 is 0 Å². The fourth-order valence-electron chi connectivity index (χ4n) is 2.72. The van der Waals surface area contributed by atoms with Gasteiger partial charge in [-0.2, -0.15) is 0 Å². The summed E-state index contributed by atoms with van der Waals surface area (Å²) in [5, 5.41) is 2.92. The molecule has 1 aliphatic carbocycles. The lowest BCUT2D eigenvalue weighted by Gasteiger charge is -2.08. The lowest BCUT2D eigenvalue weighted by atomic mass is 10.1. The molecule has 0 aliphatic heterocycles. The van der Waals surface area contributed by atoms with Crippen molar-refractivity contribution in [3.63, 3.8) is 0 Å². The van der Waals surface area contributed by atoms with E-state index in [9.17, 15) is 4.79 Å². The highest BCUT2D eigenvalue weighted by atomic mass is 35.5. The Hall–Kier alpha value is -2.04. The first-order chi connectivity index (χ1) is 11.7. The summed E-state index contributed by atoms with van der Waals surface area (Å²) in [5.41, 5.74) is 8.25. The van der Waals surface area contributed by atoms with Crippen molar-refractivity contribution in [1.29, 1.82) is 0 Å². The Morgan fingerprint density at radius 3 is 2.44 bits per heavy atom. The van der Waals surface area contributed by atoms with Gasteiger partial charge in [-0.15, -0.1) is 12.4 Å². The summed E-state index contributed by atoms with van der Waals surface area (Å²) in [4.78, 5) is 11.8. The quantitative estimate of drug-likeness (QED) is 0.709. The van der Waals surface area contributed by atoms with Gasteiger partial charge in [0, 0.05) is 24.9 Å². The molecule has 1 saturated carbocycles. The average Bonchev–Trinajstić information content (AvgIpc) is 3.35. The molecule has 1 amide bonds. The Bertz CT molecular complexity index is 661. The maximum atomic E-state index is 11.8. The van der Waals surface area contributed by atoms with Crippen molar-refractivity contribution in [1.82, 2.24) is 5.32 Å². The van der Waals surface area contributed by atoms with Crippen LogP contribution >= 0.6 is 12.4 Å². The monoisotopic (exact) mass is 360 g/mol. The average molecular weight is 361 g/mol. The van der Waals surface area contributed by atoms with E-state index in [0.29, 0.717) is 38.0 Å². The molecule has 0 aromatic heterocycles. The fraction of sp³-hybridized carbons (Fsp3) is 0.350. The van der Waals surface area contributed by atoms with Gasteiger partial charge in [-0.05, 0) is 36.1 Å². The SMILES string of the molecule is Cl.NC1CC1c1ccc(OCCCC(=O)NCc2ccccc2)cc1. The summed E-state index contributed by atoms with van der Waals surface area (Å²) in [5.74, 6) is 1.42. The number of rotatable bonds is 8. The molecular weight excluding hydrogens is 336 g/mol. The van der Waals surface area contributed by atoms with E-state index in [-0.39, 0.29) is 18.3 Å². The van der Waals surface area contributed by atoms with Gasteiger partial charge in [0.2, 0.25) is 5.91 Å². The van der Waals surface area contributed by atoms with Crippen molar-refractivity contribution in [3.8, 4) is 5.75 Å². The maximum absolute atomic E-state index is 11.8. The van der Waals surface area contributed by atoms with E-state index in [1.807, 2.05) is 42.5 Å². The number of amides is 1. The van der Waals surface area contributed by atoms with Crippen molar-refractivity contribution in [2.75, 3.05) is 6.61 Å². The minimum Gasteiger partial charge on any atom is -0.494 e. The van der Waals surface area contributed by atoms with E-state index in [4.69, 9.17) is 10.5 Å². The molecule has 25 heavy (non-hydrogen) atoms. The second-order valence-corrected chi connectivity index (χ2v) is 6.29. The second-order valence-electron chi connectivity index (χ2n) is 6.29. The van der Waals surface area contributed by atoms with Crippen molar-refractivity contribution in [3.05, 3.63) is 65.7 Å². The van der Waals surface area contributed by atoms with E-state index < -0.39 is 0 Å². The molecule has 0 bridgehead atoms. The number of nitrogens with two attached hydrogens (primary N) is 1. The third-order valence-electron chi connectivity index (χ3n) is 4.30. The Balaban J connectivity index is 0.00000225. The predicted octanol–water partition coefficient (Wildman–Crippen LogP) is 3.40. The van der Waals surface area contributed by atoms with Crippen LogP contribution in [0.15, 0.2) is 54.6 Å². The number of halogens is 1. The molecule has 0 saturated heterocycles. The van der Waals surface area contributed by atoms with E-state index in [2.05, 4.69) is 17.4 Å². The zero-order valence-electron chi connectivity index (χ0n) is 14.2. The lowest BCUT2D eigenvalue weighted by Crippen LogP contribution is -2.22. The van der Waals surface area contributed by atoms with Gasteiger partial charge in [-0.25, -0.2) is 0 Å². The first kappa shape index (κ1) is 19.3. The number of ether oxygens (including phenoxy) is 1. The zero-order chi connectivity index (χ0) is 16.8.